The van der Waals surface area contributed by atoms with E-state index < -0.39 is 0 Å². The number of aryl methyl sites for hydroxylation is 1. The van der Waals surface area contributed by atoms with Gasteiger partial charge in [-0.1, -0.05) is 11.6 Å². The maximum absolute atomic E-state index is 5.72. The minimum Gasteiger partial charge on any atom is -0.330 e. The zero-order valence-electron chi connectivity index (χ0n) is 6.96. The van der Waals surface area contributed by atoms with Gasteiger partial charge in [0.05, 0.1) is 0 Å². The first-order valence-electron chi connectivity index (χ1n) is 4.13. The molecule has 2 N–H and O–H groups in total. The molecule has 0 fully saturated rings. The highest BCUT2D eigenvalue weighted by Crippen LogP contribution is 2.09. The Morgan fingerprint density at radius 1 is 1.42 bits per heavy atom. The lowest BCUT2D eigenvalue weighted by molar-refractivity contribution is 0.744. The van der Waals surface area contributed by atoms with Gasteiger partial charge in [-0.05, 0) is 43.5 Å². The van der Waals surface area contributed by atoms with E-state index in [1.54, 1.807) is 6.20 Å². The van der Waals surface area contributed by atoms with Crippen LogP contribution < -0.4 is 5.73 Å². The number of hydrogen-bond acceptors (Lipinski definition) is 2. The third-order valence-electron chi connectivity index (χ3n) is 1.71. The fourth-order valence-electron chi connectivity index (χ4n) is 1.07. The van der Waals surface area contributed by atoms with E-state index in [4.69, 9.17) is 17.3 Å². The Bertz CT molecular complexity index is 238. The van der Waals surface area contributed by atoms with E-state index in [-0.39, 0.29) is 0 Å². The Labute approximate surface area is 77.8 Å². The topological polar surface area (TPSA) is 38.9 Å². The molecule has 0 aliphatic rings. The number of nitrogens with two attached hydrogens (primary N) is 1. The van der Waals surface area contributed by atoms with Crippen LogP contribution in [0.4, 0.5) is 0 Å². The van der Waals surface area contributed by atoms with Gasteiger partial charge in [0.25, 0.3) is 0 Å². The summed E-state index contributed by atoms with van der Waals surface area (Å²) in [4.78, 5) is 3.91. The van der Waals surface area contributed by atoms with Crippen LogP contribution in [0.5, 0.6) is 0 Å². The maximum Gasteiger partial charge on any atom is 0.129 e. The summed E-state index contributed by atoms with van der Waals surface area (Å²) in [5.74, 6) is 0. The fourth-order valence-corrected chi connectivity index (χ4v) is 1.27. The first-order chi connectivity index (χ1) is 5.83. The molecule has 0 unspecified atom stereocenters. The first-order valence-corrected chi connectivity index (χ1v) is 4.51. The Morgan fingerprint density at radius 3 is 2.92 bits per heavy atom. The van der Waals surface area contributed by atoms with Crippen LogP contribution in [-0.4, -0.2) is 11.5 Å². The van der Waals surface area contributed by atoms with Crippen molar-refractivity contribution < 1.29 is 0 Å². The lowest BCUT2D eigenvalue weighted by Gasteiger charge is -1.99. The molecular weight excluding hydrogens is 172 g/mol. The van der Waals surface area contributed by atoms with Crippen LogP contribution in [0.3, 0.4) is 0 Å². The third-order valence-corrected chi connectivity index (χ3v) is 1.92. The van der Waals surface area contributed by atoms with Crippen molar-refractivity contribution in [2.24, 2.45) is 5.73 Å². The van der Waals surface area contributed by atoms with Gasteiger partial charge < -0.3 is 5.73 Å². The first kappa shape index (κ1) is 9.49. The molecule has 2 nitrogen and oxygen atoms in total. The van der Waals surface area contributed by atoms with Gasteiger partial charge in [-0.15, -0.1) is 0 Å². The van der Waals surface area contributed by atoms with Crippen molar-refractivity contribution in [3.05, 3.63) is 29.0 Å². The molecule has 1 rings (SSSR count). The van der Waals surface area contributed by atoms with Crippen molar-refractivity contribution in [2.75, 3.05) is 6.54 Å². The second-order valence-electron chi connectivity index (χ2n) is 2.73. The van der Waals surface area contributed by atoms with E-state index in [2.05, 4.69) is 4.98 Å². The molecule has 0 saturated heterocycles. The van der Waals surface area contributed by atoms with Crippen LogP contribution in [0, 0.1) is 0 Å². The van der Waals surface area contributed by atoms with Gasteiger partial charge in [-0.2, -0.15) is 0 Å². The van der Waals surface area contributed by atoms with Crippen LogP contribution in [0.2, 0.25) is 5.15 Å². The largest absolute Gasteiger partial charge is 0.330 e. The fraction of sp³-hybridized carbons (Fsp3) is 0.444. The number of rotatable bonds is 4. The molecule has 1 heterocycles. The number of unbranched alkanes of at least 4 members (excludes halogenated alkanes) is 1. The average Bonchev–Trinajstić information content (AvgIpc) is 2.05. The Morgan fingerprint density at radius 2 is 2.25 bits per heavy atom. The second-order valence-corrected chi connectivity index (χ2v) is 3.12. The van der Waals surface area contributed by atoms with Crippen molar-refractivity contribution in [2.45, 2.75) is 19.3 Å². The van der Waals surface area contributed by atoms with Crippen molar-refractivity contribution >= 4 is 11.6 Å². The Kier molecular flexibility index (Phi) is 4.05. The van der Waals surface area contributed by atoms with Crippen LogP contribution in [-0.2, 0) is 6.42 Å². The van der Waals surface area contributed by atoms with Gasteiger partial charge in [0.2, 0.25) is 0 Å². The van der Waals surface area contributed by atoms with E-state index in [9.17, 15) is 0 Å². The molecule has 3 heteroatoms. The molecule has 0 aliphatic carbocycles. The molecule has 0 saturated carbocycles. The number of pyridine rings is 1. The highest BCUT2D eigenvalue weighted by molar-refractivity contribution is 6.29. The molecule has 0 aliphatic heterocycles. The summed E-state index contributed by atoms with van der Waals surface area (Å²) < 4.78 is 0. The van der Waals surface area contributed by atoms with Crippen molar-refractivity contribution in [1.82, 2.24) is 4.98 Å². The molecule has 12 heavy (non-hydrogen) atoms. The van der Waals surface area contributed by atoms with E-state index in [0.717, 1.165) is 25.8 Å². The monoisotopic (exact) mass is 184 g/mol. The molecular formula is C9H13ClN2. The number of halogens is 1. The Hall–Kier alpha value is -0.600. The molecule has 0 spiro atoms. The zero-order chi connectivity index (χ0) is 8.81. The van der Waals surface area contributed by atoms with Crippen LogP contribution in [0.25, 0.3) is 0 Å². The van der Waals surface area contributed by atoms with E-state index in [1.807, 2.05) is 12.1 Å². The highest BCUT2D eigenvalue weighted by Gasteiger charge is 1.94. The van der Waals surface area contributed by atoms with Crippen molar-refractivity contribution in [3.8, 4) is 0 Å². The summed E-state index contributed by atoms with van der Waals surface area (Å²) in [6.45, 7) is 0.763. The van der Waals surface area contributed by atoms with E-state index in [1.165, 1.54) is 5.56 Å². The predicted molar refractivity (Wildman–Crippen MR) is 51.2 cm³/mol. The molecule has 0 radical (unpaired) electrons. The summed E-state index contributed by atoms with van der Waals surface area (Å²) in [6.07, 6.45) is 4.97. The van der Waals surface area contributed by atoms with Crippen molar-refractivity contribution in [1.29, 1.82) is 0 Å². The molecule has 1 aromatic rings. The second kappa shape index (κ2) is 5.12. The maximum atomic E-state index is 5.72. The normalized spacial score (nSPS) is 10.2. The van der Waals surface area contributed by atoms with Gasteiger partial charge in [-0.25, -0.2) is 4.98 Å². The molecule has 0 bridgehead atoms. The van der Waals surface area contributed by atoms with Gasteiger partial charge in [0.1, 0.15) is 5.15 Å². The number of aromatic nitrogens is 1. The number of nitrogens with zero attached hydrogens (tertiary/aromatic N) is 1. The molecule has 0 atom stereocenters. The lowest BCUT2D eigenvalue weighted by Crippen LogP contribution is -1.98. The summed E-state index contributed by atoms with van der Waals surface area (Å²) >= 11 is 5.72. The SMILES string of the molecule is NCCCCc1ccnc(Cl)c1. The van der Waals surface area contributed by atoms with Crippen LogP contribution >= 0.6 is 11.6 Å². The molecule has 0 amide bonds. The van der Waals surface area contributed by atoms with E-state index >= 15 is 0 Å². The van der Waals surface area contributed by atoms with Gasteiger partial charge >= 0.3 is 0 Å². The van der Waals surface area contributed by atoms with Gasteiger partial charge in [0, 0.05) is 6.20 Å². The summed E-state index contributed by atoms with van der Waals surface area (Å²) in [5, 5.41) is 0.570. The smallest absolute Gasteiger partial charge is 0.129 e. The third kappa shape index (κ3) is 3.20. The van der Waals surface area contributed by atoms with Gasteiger partial charge in [0.15, 0.2) is 0 Å². The van der Waals surface area contributed by atoms with Crippen LogP contribution in [0.15, 0.2) is 18.3 Å². The predicted octanol–water partition coefficient (Wildman–Crippen LogP) is 2.02. The highest BCUT2D eigenvalue weighted by atomic mass is 35.5. The van der Waals surface area contributed by atoms with Gasteiger partial charge in [-0.3, -0.25) is 0 Å². The quantitative estimate of drug-likeness (QED) is 0.575. The molecule has 0 aromatic carbocycles. The average molecular weight is 185 g/mol. The molecule has 1 aromatic heterocycles. The Balaban J connectivity index is 2.41. The summed E-state index contributed by atoms with van der Waals surface area (Å²) in [5.41, 5.74) is 6.62. The summed E-state index contributed by atoms with van der Waals surface area (Å²) in [7, 11) is 0. The minimum absolute atomic E-state index is 0.570. The summed E-state index contributed by atoms with van der Waals surface area (Å²) in [6, 6.07) is 3.89. The standard InChI is InChI=1S/C9H13ClN2/c10-9-7-8(4-6-12-9)3-1-2-5-11/h4,6-7H,1-3,5,11H2. The minimum atomic E-state index is 0.570. The van der Waals surface area contributed by atoms with E-state index in [0.29, 0.717) is 5.15 Å². The zero-order valence-corrected chi connectivity index (χ0v) is 7.72. The molecule has 66 valence electrons. The number of hydrogen-bond donors (Lipinski definition) is 1. The lowest BCUT2D eigenvalue weighted by atomic mass is 10.1. The van der Waals surface area contributed by atoms with Crippen molar-refractivity contribution in [3.63, 3.8) is 0 Å². The van der Waals surface area contributed by atoms with Crippen LogP contribution in [0.1, 0.15) is 18.4 Å².